The average Bonchev–Trinajstić information content (AvgIpc) is 3.25. The number of nitrogens with zero attached hydrogens (tertiary/aromatic N) is 3. The number of ether oxygens (including phenoxy) is 3. The van der Waals surface area contributed by atoms with Gasteiger partial charge in [0.1, 0.15) is 17.2 Å². The van der Waals surface area contributed by atoms with Crippen LogP contribution >= 0.6 is 11.8 Å². The van der Waals surface area contributed by atoms with E-state index in [0.717, 1.165) is 21.8 Å². The van der Waals surface area contributed by atoms with Crippen LogP contribution < -0.4 is 19.6 Å². The Hall–Kier alpha value is -3.98. The Morgan fingerprint density at radius 3 is 2.37 bits per heavy atom. The zero-order valence-corrected chi connectivity index (χ0v) is 20.5. The number of hydrogen-bond acceptors (Lipinski definition) is 7. The third-order valence-electron chi connectivity index (χ3n) is 5.27. The molecule has 1 N–H and O–H groups in total. The molecule has 4 rings (SSSR count). The zero-order valence-electron chi connectivity index (χ0n) is 19.7. The molecule has 4 aromatic rings. The second-order valence-corrected chi connectivity index (χ2v) is 8.42. The molecule has 0 saturated heterocycles. The number of benzene rings is 3. The first-order valence-electron chi connectivity index (χ1n) is 10.9. The van der Waals surface area contributed by atoms with Gasteiger partial charge in [0.25, 0.3) is 5.91 Å². The maximum absolute atomic E-state index is 12.5. The van der Waals surface area contributed by atoms with Crippen molar-refractivity contribution in [1.29, 1.82) is 0 Å². The van der Waals surface area contributed by atoms with Crippen molar-refractivity contribution < 1.29 is 19.0 Å². The van der Waals surface area contributed by atoms with Crippen LogP contribution in [0.3, 0.4) is 0 Å². The molecule has 0 spiro atoms. The molecular formula is C26H26N4O4S. The lowest BCUT2D eigenvalue weighted by molar-refractivity contribution is -0.118. The molecule has 0 fully saturated rings. The predicted octanol–water partition coefficient (Wildman–Crippen LogP) is 4.35. The van der Waals surface area contributed by atoms with E-state index < -0.39 is 0 Å². The number of para-hydroxylation sites is 2. The average molecular weight is 491 g/mol. The summed E-state index contributed by atoms with van der Waals surface area (Å²) in [5.74, 6) is 1.53. The molecule has 1 aromatic heterocycles. The monoisotopic (exact) mass is 490 g/mol. The number of hydrogen-bond donors (Lipinski definition) is 1. The molecule has 0 radical (unpaired) electrons. The van der Waals surface area contributed by atoms with Gasteiger partial charge < -0.3 is 18.8 Å². The van der Waals surface area contributed by atoms with Crippen molar-refractivity contribution >= 4 is 34.9 Å². The van der Waals surface area contributed by atoms with Gasteiger partial charge in [0.15, 0.2) is 5.16 Å². The number of imidazole rings is 1. The van der Waals surface area contributed by atoms with E-state index in [4.69, 9.17) is 19.2 Å². The highest BCUT2D eigenvalue weighted by molar-refractivity contribution is 7.99. The van der Waals surface area contributed by atoms with E-state index >= 15 is 0 Å². The third-order valence-corrected chi connectivity index (χ3v) is 6.25. The Morgan fingerprint density at radius 1 is 1.00 bits per heavy atom. The van der Waals surface area contributed by atoms with Crippen molar-refractivity contribution in [3.63, 3.8) is 0 Å². The number of hydrazone groups is 1. The van der Waals surface area contributed by atoms with Gasteiger partial charge >= 0.3 is 0 Å². The van der Waals surface area contributed by atoms with Crippen molar-refractivity contribution in [3.8, 4) is 17.2 Å². The van der Waals surface area contributed by atoms with Crippen LogP contribution in [0, 0.1) is 0 Å². The Morgan fingerprint density at radius 2 is 1.69 bits per heavy atom. The van der Waals surface area contributed by atoms with E-state index in [1.807, 2.05) is 42.5 Å². The van der Waals surface area contributed by atoms with Gasteiger partial charge in [-0.3, -0.25) is 4.79 Å². The largest absolute Gasteiger partial charge is 0.496 e. The molecule has 0 aliphatic rings. The molecule has 8 nitrogen and oxygen atoms in total. The first-order chi connectivity index (χ1) is 17.1. The van der Waals surface area contributed by atoms with Gasteiger partial charge in [-0.15, -0.1) is 0 Å². The number of thioether (sulfide) groups is 1. The zero-order chi connectivity index (χ0) is 24.6. The standard InChI is InChI=1S/C26H26N4O4S/c1-32-19-13-23(33-2)20(24(14-19)34-3)15-27-29-25(31)17-35-26-28-21-11-7-8-12-22(21)30(26)16-18-9-5-4-6-10-18/h4-15H,16-17H2,1-3H3,(H,29,31)/b27-15-. The summed E-state index contributed by atoms with van der Waals surface area (Å²) in [6, 6.07) is 21.6. The second kappa shape index (κ2) is 11.4. The Balaban J connectivity index is 1.46. The van der Waals surface area contributed by atoms with Crippen LogP contribution in [0.15, 0.2) is 77.0 Å². The molecule has 1 heterocycles. The summed E-state index contributed by atoms with van der Waals surface area (Å²) < 4.78 is 18.2. The molecule has 0 aliphatic heterocycles. The Labute approximate surface area is 207 Å². The SMILES string of the molecule is COc1cc(OC)c(/C=N\NC(=O)CSc2nc3ccccc3n2Cc2ccccc2)c(OC)c1. The number of carbonyl (C=O) groups excluding carboxylic acids is 1. The Kier molecular flexibility index (Phi) is 7.89. The predicted molar refractivity (Wildman–Crippen MR) is 138 cm³/mol. The summed E-state index contributed by atoms with van der Waals surface area (Å²) in [6.07, 6.45) is 1.49. The minimum Gasteiger partial charge on any atom is -0.496 e. The van der Waals surface area contributed by atoms with Crippen LogP contribution in [0.5, 0.6) is 17.2 Å². The van der Waals surface area contributed by atoms with E-state index in [2.05, 4.69) is 27.2 Å². The molecule has 9 heteroatoms. The number of rotatable bonds is 10. The van der Waals surface area contributed by atoms with Gasteiger partial charge in [-0.1, -0.05) is 54.2 Å². The van der Waals surface area contributed by atoms with Crippen LogP contribution in [0.1, 0.15) is 11.1 Å². The molecule has 0 bridgehead atoms. The van der Waals surface area contributed by atoms with Crippen molar-refractivity contribution in [2.75, 3.05) is 27.1 Å². The fraction of sp³-hybridized carbons (Fsp3) is 0.192. The van der Waals surface area contributed by atoms with Crippen molar-refractivity contribution in [3.05, 3.63) is 77.9 Å². The van der Waals surface area contributed by atoms with Gasteiger partial charge in [-0.25, -0.2) is 10.4 Å². The summed E-state index contributed by atoms with van der Waals surface area (Å²) in [4.78, 5) is 17.3. The van der Waals surface area contributed by atoms with E-state index in [9.17, 15) is 4.79 Å². The number of methoxy groups -OCH3 is 3. The van der Waals surface area contributed by atoms with Gasteiger partial charge in [-0.05, 0) is 17.7 Å². The molecule has 3 aromatic carbocycles. The Bertz CT molecular complexity index is 1310. The van der Waals surface area contributed by atoms with Crippen LogP contribution in [0.4, 0.5) is 0 Å². The fourth-order valence-electron chi connectivity index (χ4n) is 3.57. The lowest BCUT2D eigenvalue weighted by Crippen LogP contribution is -2.20. The molecule has 180 valence electrons. The summed E-state index contributed by atoms with van der Waals surface area (Å²) in [7, 11) is 4.65. The first kappa shape index (κ1) is 24.2. The van der Waals surface area contributed by atoms with Crippen molar-refractivity contribution in [1.82, 2.24) is 15.0 Å². The summed E-state index contributed by atoms with van der Waals surface area (Å²) in [5.41, 5.74) is 6.23. The molecule has 35 heavy (non-hydrogen) atoms. The topological polar surface area (TPSA) is 87.0 Å². The fourth-order valence-corrected chi connectivity index (χ4v) is 4.38. The van der Waals surface area contributed by atoms with Gasteiger partial charge in [0.2, 0.25) is 0 Å². The van der Waals surface area contributed by atoms with Crippen LogP contribution in [0.2, 0.25) is 0 Å². The smallest absolute Gasteiger partial charge is 0.250 e. The van der Waals surface area contributed by atoms with E-state index in [-0.39, 0.29) is 11.7 Å². The maximum atomic E-state index is 12.5. The van der Waals surface area contributed by atoms with Crippen LogP contribution in [-0.2, 0) is 11.3 Å². The quantitative estimate of drug-likeness (QED) is 0.202. The van der Waals surface area contributed by atoms with E-state index in [1.165, 1.54) is 18.0 Å². The van der Waals surface area contributed by atoms with Gasteiger partial charge in [0.05, 0.1) is 56.4 Å². The minimum absolute atomic E-state index is 0.159. The number of carbonyl (C=O) groups is 1. The highest BCUT2D eigenvalue weighted by atomic mass is 32.2. The highest BCUT2D eigenvalue weighted by Gasteiger charge is 2.14. The summed E-state index contributed by atoms with van der Waals surface area (Å²) in [6.45, 7) is 0.667. The van der Waals surface area contributed by atoms with Gasteiger partial charge in [0, 0.05) is 12.1 Å². The van der Waals surface area contributed by atoms with Crippen LogP contribution in [-0.4, -0.2) is 48.8 Å². The molecule has 0 saturated carbocycles. The molecule has 0 aliphatic carbocycles. The van der Waals surface area contributed by atoms with E-state index in [1.54, 1.807) is 33.5 Å². The van der Waals surface area contributed by atoms with Gasteiger partial charge in [-0.2, -0.15) is 5.10 Å². The summed E-state index contributed by atoms with van der Waals surface area (Å²) in [5, 5.41) is 4.86. The number of nitrogens with one attached hydrogen (secondary N) is 1. The molecule has 1 amide bonds. The molecule has 0 unspecified atom stereocenters. The lowest BCUT2D eigenvalue weighted by Gasteiger charge is -2.12. The maximum Gasteiger partial charge on any atom is 0.250 e. The minimum atomic E-state index is -0.254. The number of fused-ring (bicyclic) bond motifs is 1. The number of aromatic nitrogens is 2. The molecular weight excluding hydrogens is 464 g/mol. The lowest BCUT2D eigenvalue weighted by atomic mass is 10.2. The third kappa shape index (κ3) is 5.75. The van der Waals surface area contributed by atoms with Crippen molar-refractivity contribution in [2.45, 2.75) is 11.7 Å². The molecule has 0 atom stereocenters. The number of amides is 1. The van der Waals surface area contributed by atoms with Crippen molar-refractivity contribution in [2.24, 2.45) is 5.10 Å². The summed E-state index contributed by atoms with van der Waals surface area (Å²) >= 11 is 1.37. The first-order valence-corrected chi connectivity index (χ1v) is 11.9. The van der Waals surface area contributed by atoms with Crippen LogP contribution in [0.25, 0.3) is 11.0 Å². The second-order valence-electron chi connectivity index (χ2n) is 7.48. The highest BCUT2D eigenvalue weighted by Crippen LogP contribution is 2.32. The van der Waals surface area contributed by atoms with E-state index in [0.29, 0.717) is 29.4 Å². The normalized spacial score (nSPS) is 11.1.